The summed E-state index contributed by atoms with van der Waals surface area (Å²) in [6.45, 7) is 23.6. The summed E-state index contributed by atoms with van der Waals surface area (Å²) in [5.41, 5.74) is 0.842. The Morgan fingerprint density at radius 2 is 1.44 bits per heavy atom. The predicted molar refractivity (Wildman–Crippen MR) is 108 cm³/mol. The van der Waals surface area contributed by atoms with E-state index in [1.807, 2.05) is 0 Å². The molecule has 0 aliphatic carbocycles. The van der Waals surface area contributed by atoms with E-state index in [0.717, 1.165) is 17.9 Å². The summed E-state index contributed by atoms with van der Waals surface area (Å²) in [6, 6.07) is 0.834. The van der Waals surface area contributed by atoms with Crippen LogP contribution in [0.4, 0.5) is 0 Å². The molecule has 0 N–H and O–H groups in total. The van der Waals surface area contributed by atoms with Gasteiger partial charge in [-0.2, -0.15) is 0 Å². The number of hydrogen-bond acceptors (Lipinski definition) is 3. The fourth-order valence-corrected chi connectivity index (χ4v) is 5.36. The van der Waals surface area contributed by atoms with E-state index in [1.165, 1.54) is 71.5 Å². The molecule has 0 saturated carbocycles. The summed E-state index contributed by atoms with van der Waals surface area (Å²) < 4.78 is 0. The van der Waals surface area contributed by atoms with Gasteiger partial charge in [-0.15, -0.1) is 0 Å². The lowest BCUT2D eigenvalue weighted by atomic mass is 9.75. The first kappa shape index (κ1) is 19.6. The lowest BCUT2D eigenvalue weighted by Crippen LogP contribution is -2.45. The molecule has 3 heterocycles. The minimum absolute atomic E-state index is 0.347. The normalized spacial score (nSPS) is 31.9. The molecular formula is C22H43N3. The zero-order chi connectivity index (χ0) is 18.2. The summed E-state index contributed by atoms with van der Waals surface area (Å²) >= 11 is 0. The van der Waals surface area contributed by atoms with Crippen molar-refractivity contribution in [2.75, 3.05) is 45.8 Å². The summed E-state index contributed by atoms with van der Waals surface area (Å²) in [6.07, 6.45) is 5.61. The maximum Gasteiger partial charge on any atom is 0.0235 e. The molecule has 25 heavy (non-hydrogen) atoms. The van der Waals surface area contributed by atoms with E-state index < -0.39 is 0 Å². The second-order valence-corrected chi connectivity index (χ2v) is 11.1. The van der Waals surface area contributed by atoms with Gasteiger partial charge in [0.05, 0.1) is 0 Å². The number of hydrogen-bond donors (Lipinski definition) is 0. The van der Waals surface area contributed by atoms with Gasteiger partial charge in [-0.3, -0.25) is 9.80 Å². The van der Waals surface area contributed by atoms with Crippen molar-refractivity contribution in [3.8, 4) is 0 Å². The molecule has 0 aromatic rings. The third-order valence-corrected chi connectivity index (χ3v) is 7.27. The molecule has 0 aromatic heterocycles. The van der Waals surface area contributed by atoms with Crippen LogP contribution in [0.1, 0.15) is 67.2 Å². The van der Waals surface area contributed by atoms with Crippen molar-refractivity contribution < 1.29 is 0 Å². The second-order valence-electron chi connectivity index (χ2n) is 11.1. The third-order valence-electron chi connectivity index (χ3n) is 7.27. The standard InChI is InChI=1S/C22H43N3/c1-21(2,3)19-8-12-24(13-9-19)20-10-11-23(17-20)15-18-7-14-25(16-18)22(4,5)6/h18-20H,7-17H2,1-6H3. The van der Waals surface area contributed by atoms with Gasteiger partial charge >= 0.3 is 0 Å². The zero-order valence-electron chi connectivity index (χ0n) is 17.9. The molecule has 3 nitrogen and oxygen atoms in total. The van der Waals surface area contributed by atoms with E-state index >= 15 is 0 Å². The number of piperidine rings is 1. The monoisotopic (exact) mass is 349 g/mol. The van der Waals surface area contributed by atoms with Gasteiger partial charge in [-0.25, -0.2) is 0 Å². The Labute approximate surface area is 157 Å². The summed E-state index contributed by atoms with van der Waals surface area (Å²) in [5, 5.41) is 0. The van der Waals surface area contributed by atoms with Crippen molar-refractivity contribution in [3.05, 3.63) is 0 Å². The second kappa shape index (κ2) is 7.48. The van der Waals surface area contributed by atoms with Gasteiger partial charge in [-0.1, -0.05) is 20.8 Å². The maximum absolute atomic E-state index is 2.82. The first-order valence-corrected chi connectivity index (χ1v) is 10.8. The highest BCUT2D eigenvalue weighted by Gasteiger charge is 2.36. The average molecular weight is 350 g/mol. The third kappa shape index (κ3) is 4.99. The van der Waals surface area contributed by atoms with Crippen LogP contribution in [0.5, 0.6) is 0 Å². The Morgan fingerprint density at radius 1 is 0.760 bits per heavy atom. The van der Waals surface area contributed by atoms with E-state index in [-0.39, 0.29) is 0 Å². The molecule has 3 aliphatic rings. The first-order chi connectivity index (χ1) is 11.6. The minimum atomic E-state index is 0.347. The topological polar surface area (TPSA) is 9.72 Å². The van der Waals surface area contributed by atoms with Crippen LogP contribution in [-0.4, -0.2) is 72.1 Å². The Bertz CT molecular complexity index is 426. The summed E-state index contributed by atoms with van der Waals surface area (Å²) in [4.78, 5) is 8.28. The summed E-state index contributed by atoms with van der Waals surface area (Å²) in [7, 11) is 0. The van der Waals surface area contributed by atoms with Crippen LogP contribution in [-0.2, 0) is 0 Å². The molecule has 0 aromatic carbocycles. The van der Waals surface area contributed by atoms with Crippen molar-refractivity contribution in [3.63, 3.8) is 0 Å². The predicted octanol–water partition coefficient (Wildman–Crippen LogP) is 3.94. The molecule has 146 valence electrons. The maximum atomic E-state index is 2.82. The zero-order valence-corrected chi connectivity index (χ0v) is 17.9. The largest absolute Gasteiger partial charge is 0.301 e. The molecule has 3 rings (SSSR count). The van der Waals surface area contributed by atoms with Gasteiger partial charge < -0.3 is 4.90 Å². The Balaban J connectivity index is 1.41. The van der Waals surface area contributed by atoms with E-state index in [4.69, 9.17) is 0 Å². The Hall–Kier alpha value is -0.120. The van der Waals surface area contributed by atoms with Crippen LogP contribution < -0.4 is 0 Å². The highest BCUT2D eigenvalue weighted by atomic mass is 15.3. The highest BCUT2D eigenvalue weighted by Crippen LogP contribution is 2.35. The van der Waals surface area contributed by atoms with Crippen LogP contribution in [0.2, 0.25) is 0 Å². The van der Waals surface area contributed by atoms with E-state index in [2.05, 4.69) is 56.2 Å². The minimum Gasteiger partial charge on any atom is -0.301 e. The van der Waals surface area contributed by atoms with E-state index in [9.17, 15) is 0 Å². The van der Waals surface area contributed by atoms with Crippen LogP contribution in [0, 0.1) is 17.3 Å². The number of nitrogens with zero attached hydrogens (tertiary/aromatic N) is 3. The van der Waals surface area contributed by atoms with Gasteiger partial charge in [0, 0.05) is 31.2 Å². The Morgan fingerprint density at radius 3 is 2.00 bits per heavy atom. The lowest BCUT2D eigenvalue weighted by molar-refractivity contribution is 0.0834. The van der Waals surface area contributed by atoms with Gasteiger partial charge in [0.2, 0.25) is 0 Å². The molecule has 2 atom stereocenters. The molecule has 0 radical (unpaired) electrons. The average Bonchev–Trinajstić information content (AvgIpc) is 3.16. The van der Waals surface area contributed by atoms with Crippen molar-refractivity contribution in [2.45, 2.75) is 78.8 Å². The van der Waals surface area contributed by atoms with Gasteiger partial charge in [0.1, 0.15) is 0 Å². The van der Waals surface area contributed by atoms with E-state index in [0.29, 0.717) is 11.0 Å². The molecule has 3 saturated heterocycles. The van der Waals surface area contributed by atoms with Crippen LogP contribution in [0.3, 0.4) is 0 Å². The van der Waals surface area contributed by atoms with Crippen molar-refractivity contribution in [1.82, 2.24) is 14.7 Å². The quantitative estimate of drug-likeness (QED) is 0.764. The lowest BCUT2D eigenvalue weighted by Gasteiger charge is -2.41. The molecular weight excluding hydrogens is 306 g/mol. The van der Waals surface area contributed by atoms with Crippen LogP contribution in [0.25, 0.3) is 0 Å². The molecule has 3 fully saturated rings. The fourth-order valence-electron chi connectivity index (χ4n) is 5.36. The summed E-state index contributed by atoms with van der Waals surface area (Å²) in [5.74, 6) is 1.81. The van der Waals surface area contributed by atoms with E-state index in [1.54, 1.807) is 0 Å². The van der Waals surface area contributed by atoms with Crippen molar-refractivity contribution in [2.24, 2.45) is 17.3 Å². The molecule has 0 amide bonds. The van der Waals surface area contributed by atoms with Gasteiger partial charge in [0.15, 0.2) is 0 Å². The van der Waals surface area contributed by atoms with Crippen LogP contribution in [0.15, 0.2) is 0 Å². The fraction of sp³-hybridized carbons (Fsp3) is 1.00. The van der Waals surface area contributed by atoms with Gasteiger partial charge in [0.25, 0.3) is 0 Å². The SMILES string of the molecule is CC(C)(C)C1CCN(C2CCN(CC3CCN(C(C)(C)C)C3)C2)CC1. The molecule has 3 heteroatoms. The number of rotatable bonds is 3. The van der Waals surface area contributed by atoms with Crippen molar-refractivity contribution >= 4 is 0 Å². The smallest absolute Gasteiger partial charge is 0.0235 e. The highest BCUT2D eigenvalue weighted by molar-refractivity contribution is 4.91. The number of likely N-dealkylation sites (tertiary alicyclic amines) is 3. The first-order valence-electron chi connectivity index (χ1n) is 10.8. The molecule has 2 unspecified atom stereocenters. The van der Waals surface area contributed by atoms with Crippen LogP contribution >= 0.6 is 0 Å². The van der Waals surface area contributed by atoms with Crippen molar-refractivity contribution in [1.29, 1.82) is 0 Å². The molecule has 0 spiro atoms. The Kier molecular flexibility index (Phi) is 5.88. The van der Waals surface area contributed by atoms with Gasteiger partial charge in [-0.05, 0) is 89.9 Å². The molecule has 3 aliphatic heterocycles. The molecule has 0 bridgehead atoms.